The van der Waals surface area contributed by atoms with E-state index < -0.39 is 0 Å². The lowest BCUT2D eigenvalue weighted by molar-refractivity contribution is 0.0859. The van der Waals surface area contributed by atoms with Crippen LogP contribution in [0.5, 0.6) is 11.5 Å². The molecule has 2 nitrogen and oxygen atoms in total. The average molecular weight is 501 g/mol. The van der Waals surface area contributed by atoms with Crippen LogP contribution in [-0.2, 0) is 0 Å². The van der Waals surface area contributed by atoms with E-state index in [0.717, 1.165) is 36.3 Å². The largest absolute Gasteiger partial charge is 0.507 e. The maximum absolute atomic E-state index is 11.3. The molecule has 0 saturated carbocycles. The Balaban J connectivity index is 1.91. The third kappa shape index (κ3) is 7.02. The molecule has 0 saturated heterocycles. The molecule has 0 aromatic heterocycles. The molecule has 1 N–H and O–H groups in total. The minimum Gasteiger partial charge on any atom is -0.507 e. The Bertz CT molecular complexity index is 815. The first-order valence-electron chi connectivity index (χ1n) is 14.9. The Morgan fingerprint density at radius 3 is 2.14 bits per heavy atom. The zero-order valence-electron chi connectivity index (χ0n) is 23.4. The van der Waals surface area contributed by atoms with Gasteiger partial charge < -0.3 is 9.84 Å². The third-order valence-corrected chi connectivity index (χ3v) is 9.82. The molecule has 198 valence electrons. The summed E-state index contributed by atoms with van der Waals surface area (Å²) in [4.78, 5) is 1.45. The molecule has 0 fully saturated rings. The molecule has 3 rings (SSSR count). The summed E-state index contributed by atoms with van der Waals surface area (Å²) in [7, 11) is 0. The summed E-state index contributed by atoms with van der Waals surface area (Å²) in [6.45, 7) is 11.6. The highest BCUT2D eigenvalue weighted by molar-refractivity contribution is 8.03. The average Bonchev–Trinajstić information content (AvgIpc) is 3.34. The highest BCUT2D eigenvalue weighted by Crippen LogP contribution is 2.57. The van der Waals surface area contributed by atoms with Crippen molar-refractivity contribution in [1.82, 2.24) is 0 Å². The Labute approximate surface area is 220 Å². The van der Waals surface area contributed by atoms with Crippen molar-refractivity contribution in [1.29, 1.82) is 0 Å². The van der Waals surface area contributed by atoms with Crippen molar-refractivity contribution < 1.29 is 9.84 Å². The molecule has 0 amide bonds. The molecule has 2 unspecified atom stereocenters. The van der Waals surface area contributed by atoms with Crippen molar-refractivity contribution in [3.05, 3.63) is 28.2 Å². The van der Waals surface area contributed by atoms with Crippen LogP contribution in [0.4, 0.5) is 0 Å². The number of rotatable bonds is 16. The molecule has 0 bridgehead atoms. The second-order valence-electron chi connectivity index (χ2n) is 11.3. The third-order valence-electron chi connectivity index (χ3n) is 8.51. The van der Waals surface area contributed by atoms with Crippen LogP contribution in [0.1, 0.15) is 148 Å². The fraction of sp³-hybridized carbons (Fsp3) is 0.750. The van der Waals surface area contributed by atoms with Gasteiger partial charge in [-0.05, 0) is 67.2 Å². The lowest BCUT2D eigenvalue weighted by atomic mass is 9.81. The zero-order chi connectivity index (χ0) is 25.3. The molecular weight excluding hydrogens is 448 g/mol. The number of ether oxygens (including phenoxy) is 1. The number of phenolic OH excluding ortho intramolecular Hbond substituents is 1. The number of hydrogen-bond acceptors (Lipinski definition) is 3. The number of fused-ring (bicyclic) bond motifs is 2. The molecule has 35 heavy (non-hydrogen) atoms. The van der Waals surface area contributed by atoms with Crippen molar-refractivity contribution in [2.24, 2.45) is 5.92 Å². The van der Waals surface area contributed by atoms with Crippen LogP contribution in [0, 0.1) is 5.92 Å². The predicted octanol–water partition coefficient (Wildman–Crippen LogP) is 10.6. The number of phenols is 1. The fourth-order valence-electron chi connectivity index (χ4n) is 6.05. The summed E-state index contributed by atoms with van der Waals surface area (Å²) in [5, 5.41) is 11.3. The van der Waals surface area contributed by atoms with E-state index >= 15 is 0 Å². The van der Waals surface area contributed by atoms with E-state index in [1.165, 1.54) is 93.1 Å². The van der Waals surface area contributed by atoms with Gasteiger partial charge in [-0.25, -0.2) is 0 Å². The van der Waals surface area contributed by atoms with Gasteiger partial charge in [-0.3, -0.25) is 0 Å². The molecule has 0 aliphatic carbocycles. The number of aromatic hydroxyl groups is 1. The maximum atomic E-state index is 11.3. The molecule has 1 aromatic rings. The zero-order valence-corrected chi connectivity index (χ0v) is 24.2. The first-order chi connectivity index (χ1) is 17.0. The van der Waals surface area contributed by atoms with E-state index in [1.54, 1.807) is 0 Å². The number of benzene rings is 1. The molecule has 3 heteroatoms. The number of thioether (sulfide) groups is 1. The van der Waals surface area contributed by atoms with Gasteiger partial charge >= 0.3 is 0 Å². The Morgan fingerprint density at radius 2 is 1.51 bits per heavy atom. The Hall–Kier alpha value is -1.09. The van der Waals surface area contributed by atoms with Crippen molar-refractivity contribution in [3.8, 4) is 11.5 Å². The standard InChI is InChI=1S/C32H52O2S/c1-6-9-12-15-19-32(20-16-13-10-7-2)31-27(18-21-35-31)30-28(33)22-26(23-29(30)34-32)25(5)24(4)17-14-11-8-3/h22-25,33H,6-21H2,1-5H3. The summed E-state index contributed by atoms with van der Waals surface area (Å²) < 4.78 is 7.11. The van der Waals surface area contributed by atoms with E-state index in [2.05, 4.69) is 40.7 Å². The summed E-state index contributed by atoms with van der Waals surface area (Å²) in [6.07, 6.45) is 18.6. The van der Waals surface area contributed by atoms with Gasteiger partial charge in [-0.15, -0.1) is 11.8 Å². The lowest BCUT2D eigenvalue weighted by Crippen LogP contribution is -2.40. The smallest absolute Gasteiger partial charge is 0.140 e. The minimum absolute atomic E-state index is 0.188. The molecule has 1 aromatic carbocycles. The van der Waals surface area contributed by atoms with Crippen molar-refractivity contribution in [2.75, 3.05) is 5.75 Å². The molecular formula is C32H52O2S. The lowest BCUT2D eigenvalue weighted by Gasteiger charge is -2.41. The van der Waals surface area contributed by atoms with Gasteiger partial charge in [0.25, 0.3) is 0 Å². The van der Waals surface area contributed by atoms with E-state index in [1.807, 2.05) is 17.8 Å². The van der Waals surface area contributed by atoms with E-state index in [0.29, 0.717) is 17.6 Å². The van der Waals surface area contributed by atoms with Gasteiger partial charge in [-0.2, -0.15) is 0 Å². The van der Waals surface area contributed by atoms with Crippen LogP contribution in [0.25, 0.3) is 5.57 Å². The highest BCUT2D eigenvalue weighted by Gasteiger charge is 2.45. The number of hydrogen-bond donors (Lipinski definition) is 1. The molecule has 2 aliphatic heterocycles. The first-order valence-corrected chi connectivity index (χ1v) is 15.9. The van der Waals surface area contributed by atoms with Gasteiger partial charge in [0, 0.05) is 10.7 Å². The van der Waals surface area contributed by atoms with Gasteiger partial charge in [0.15, 0.2) is 0 Å². The molecule has 0 radical (unpaired) electrons. The monoisotopic (exact) mass is 500 g/mol. The van der Waals surface area contributed by atoms with Gasteiger partial charge in [0.05, 0.1) is 5.56 Å². The van der Waals surface area contributed by atoms with Crippen molar-refractivity contribution >= 4 is 17.3 Å². The Morgan fingerprint density at radius 1 is 0.886 bits per heavy atom. The number of allylic oxidation sites excluding steroid dienone is 1. The summed E-state index contributed by atoms with van der Waals surface area (Å²) in [5.74, 6) is 3.53. The van der Waals surface area contributed by atoms with E-state index in [4.69, 9.17) is 4.74 Å². The summed E-state index contributed by atoms with van der Waals surface area (Å²) in [5.41, 5.74) is 3.43. The van der Waals surface area contributed by atoms with Gasteiger partial charge in [0.1, 0.15) is 17.1 Å². The second kappa shape index (κ2) is 14.0. The van der Waals surface area contributed by atoms with Crippen LogP contribution in [0.3, 0.4) is 0 Å². The van der Waals surface area contributed by atoms with Crippen molar-refractivity contribution in [3.63, 3.8) is 0 Å². The fourth-order valence-corrected chi connectivity index (χ4v) is 7.45. The SMILES string of the molecule is CCCCCCC1(CCCCCC)Oc2cc(C(C)C(C)CCCCC)cc(O)c2C2=C1SCC2. The first kappa shape index (κ1) is 28.5. The highest BCUT2D eigenvalue weighted by atomic mass is 32.2. The quantitative estimate of drug-likeness (QED) is 0.229. The molecule has 2 aliphatic rings. The van der Waals surface area contributed by atoms with E-state index in [-0.39, 0.29) is 5.60 Å². The topological polar surface area (TPSA) is 29.5 Å². The molecule has 2 heterocycles. The normalized spacial score (nSPS) is 18.2. The molecule has 2 atom stereocenters. The van der Waals surface area contributed by atoms with Crippen molar-refractivity contribution in [2.45, 2.75) is 142 Å². The predicted molar refractivity (Wildman–Crippen MR) is 155 cm³/mol. The summed E-state index contributed by atoms with van der Waals surface area (Å²) >= 11 is 2.00. The van der Waals surface area contributed by atoms with Crippen LogP contribution in [0.2, 0.25) is 0 Å². The molecule has 0 spiro atoms. The van der Waals surface area contributed by atoms with Crippen LogP contribution in [0.15, 0.2) is 17.0 Å². The minimum atomic E-state index is -0.188. The Kier molecular flexibility index (Phi) is 11.4. The van der Waals surface area contributed by atoms with Crippen LogP contribution in [-0.4, -0.2) is 16.5 Å². The summed E-state index contributed by atoms with van der Waals surface area (Å²) in [6, 6.07) is 4.35. The number of unbranched alkanes of at least 4 members (excludes halogenated alkanes) is 8. The van der Waals surface area contributed by atoms with E-state index in [9.17, 15) is 5.11 Å². The van der Waals surface area contributed by atoms with Gasteiger partial charge in [-0.1, -0.05) is 98.8 Å². The maximum Gasteiger partial charge on any atom is 0.140 e. The van der Waals surface area contributed by atoms with Crippen LogP contribution >= 0.6 is 11.8 Å². The van der Waals surface area contributed by atoms with Crippen LogP contribution < -0.4 is 4.74 Å². The second-order valence-corrected chi connectivity index (χ2v) is 12.4. The van der Waals surface area contributed by atoms with Gasteiger partial charge in [0.2, 0.25) is 0 Å².